The molecule has 8 nitrogen and oxygen atoms in total. The Bertz CT molecular complexity index is 609. The Morgan fingerprint density at radius 2 is 2.21 bits per heavy atom. The highest BCUT2D eigenvalue weighted by molar-refractivity contribution is 5.47. The van der Waals surface area contributed by atoms with Crippen molar-refractivity contribution in [2.75, 3.05) is 7.05 Å². The van der Waals surface area contributed by atoms with Crippen LogP contribution in [-0.4, -0.2) is 32.2 Å². The summed E-state index contributed by atoms with van der Waals surface area (Å²) < 4.78 is 1.58. The summed E-state index contributed by atoms with van der Waals surface area (Å²) in [6.45, 7) is 3.72. The molecule has 0 amide bonds. The van der Waals surface area contributed by atoms with Gasteiger partial charge in [-0.25, -0.2) is 0 Å². The van der Waals surface area contributed by atoms with Gasteiger partial charge in [-0.3, -0.25) is 10.1 Å². The lowest BCUT2D eigenvalue weighted by Gasteiger charge is -2.11. The smallest absolute Gasteiger partial charge is 0.269 e. The zero-order chi connectivity index (χ0) is 14.0. The van der Waals surface area contributed by atoms with E-state index in [4.69, 9.17) is 0 Å². The summed E-state index contributed by atoms with van der Waals surface area (Å²) in [6, 6.07) is 4.57. The molecule has 2 rings (SSSR count). The molecule has 0 bridgehead atoms. The number of aromatic nitrogens is 4. The Morgan fingerprint density at radius 3 is 2.79 bits per heavy atom. The lowest BCUT2D eigenvalue weighted by Crippen LogP contribution is -2.18. The average molecular weight is 262 g/mol. The van der Waals surface area contributed by atoms with E-state index in [1.165, 1.54) is 12.1 Å². The molecule has 8 heteroatoms. The lowest BCUT2D eigenvalue weighted by molar-refractivity contribution is -0.384. The third kappa shape index (κ3) is 2.43. The minimum atomic E-state index is -0.423. The first-order valence-electron chi connectivity index (χ1n) is 5.75. The summed E-state index contributed by atoms with van der Waals surface area (Å²) in [6.07, 6.45) is 0. The van der Waals surface area contributed by atoms with Gasteiger partial charge in [0, 0.05) is 12.1 Å². The quantitative estimate of drug-likeness (QED) is 0.655. The highest BCUT2D eigenvalue weighted by atomic mass is 16.6. The van der Waals surface area contributed by atoms with Crippen molar-refractivity contribution in [1.29, 1.82) is 0 Å². The lowest BCUT2D eigenvalue weighted by atomic mass is 10.1. The number of nitro benzene ring substituents is 1. The van der Waals surface area contributed by atoms with Crippen molar-refractivity contribution in [2.45, 2.75) is 19.9 Å². The number of nitrogens with one attached hydrogen (secondary N) is 1. The largest absolute Gasteiger partial charge is 0.311 e. The molecule has 19 heavy (non-hydrogen) atoms. The van der Waals surface area contributed by atoms with Crippen molar-refractivity contribution < 1.29 is 4.92 Å². The summed E-state index contributed by atoms with van der Waals surface area (Å²) in [5.41, 5.74) is 1.52. The standard InChI is InChI=1S/C11H14N6O2/c1-7-6-9(17(18)19)4-5-10(7)16-11(8(2)12-3)13-14-15-16/h4-6,8,12H,1-3H3. The van der Waals surface area contributed by atoms with Crippen LogP contribution in [0.3, 0.4) is 0 Å². The Kier molecular flexibility index (Phi) is 3.52. The Labute approximate surface area is 109 Å². The molecule has 0 saturated heterocycles. The van der Waals surface area contributed by atoms with Gasteiger partial charge in [0.05, 0.1) is 16.7 Å². The van der Waals surface area contributed by atoms with Gasteiger partial charge in [0.25, 0.3) is 5.69 Å². The first-order valence-corrected chi connectivity index (χ1v) is 5.75. The van der Waals surface area contributed by atoms with Crippen molar-refractivity contribution in [3.63, 3.8) is 0 Å². The molecule has 1 atom stereocenters. The van der Waals surface area contributed by atoms with E-state index in [1.807, 2.05) is 14.0 Å². The Morgan fingerprint density at radius 1 is 1.47 bits per heavy atom. The number of tetrazole rings is 1. The van der Waals surface area contributed by atoms with Gasteiger partial charge in [-0.15, -0.1) is 5.10 Å². The second kappa shape index (κ2) is 5.11. The molecule has 2 aromatic rings. The van der Waals surface area contributed by atoms with Gasteiger partial charge in [-0.2, -0.15) is 4.68 Å². The molecule has 100 valence electrons. The molecule has 0 saturated carbocycles. The van der Waals surface area contributed by atoms with Gasteiger partial charge in [-0.1, -0.05) is 0 Å². The highest BCUT2D eigenvalue weighted by Gasteiger charge is 2.17. The Hall–Kier alpha value is -2.35. The van der Waals surface area contributed by atoms with Gasteiger partial charge < -0.3 is 5.32 Å². The maximum atomic E-state index is 10.7. The predicted molar refractivity (Wildman–Crippen MR) is 68.0 cm³/mol. The monoisotopic (exact) mass is 262 g/mol. The van der Waals surface area contributed by atoms with E-state index in [0.717, 1.165) is 11.3 Å². The van der Waals surface area contributed by atoms with Crippen molar-refractivity contribution in [3.05, 3.63) is 39.7 Å². The van der Waals surface area contributed by atoms with Gasteiger partial charge in [0.1, 0.15) is 0 Å². The first-order chi connectivity index (χ1) is 9.04. The second-order valence-corrected chi connectivity index (χ2v) is 4.19. The van der Waals surface area contributed by atoms with E-state index in [2.05, 4.69) is 20.8 Å². The van der Waals surface area contributed by atoms with E-state index < -0.39 is 4.92 Å². The minimum Gasteiger partial charge on any atom is -0.311 e. The maximum Gasteiger partial charge on any atom is 0.269 e. The number of nitro groups is 1. The van der Waals surface area contributed by atoms with Gasteiger partial charge >= 0.3 is 0 Å². The number of nitrogens with zero attached hydrogens (tertiary/aromatic N) is 5. The number of hydrogen-bond acceptors (Lipinski definition) is 6. The molecule has 0 fully saturated rings. The summed E-state index contributed by atoms with van der Waals surface area (Å²) in [4.78, 5) is 10.3. The van der Waals surface area contributed by atoms with E-state index in [-0.39, 0.29) is 11.7 Å². The fraction of sp³-hybridized carbons (Fsp3) is 0.364. The van der Waals surface area contributed by atoms with Crippen molar-refractivity contribution >= 4 is 5.69 Å². The maximum absolute atomic E-state index is 10.7. The molecule has 0 spiro atoms. The molecule has 0 aliphatic heterocycles. The second-order valence-electron chi connectivity index (χ2n) is 4.19. The number of rotatable bonds is 4. The molecular formula is C11H14N6O2. The van der Waals surface area contributed by atoms with E-state index in [1.54, 1.807) is 17.7 Å². The number of benzene rings is 1. The topological polar surface area (TPSA) is 98.8 Å². The van der Waals surface area contributed by atoms with Gasteiger partial charge in [-0.05, 0) is 43.0 Å². The molecule has 1 heterocycles. The van der Waals surface area contributed by atoms with Crippen LogP contribution in [0.25, 0.3) is 5.69 Å². The van der Waals surface area contributed by atoms with Crippen LogP contribution in [-0.2, 0) is 0 Å². The van der Waals surface area contributed by atoms with Crippen LogP contribution >= 0.6 is 0 Å². The molecule has 1 aromatic heterocycles. The van der Waals surface area contributed by atoms with E-state index >= 15 is 0 Å². The zero-order valence-corrected chi connectivity index (χ0v) is 10.9. The van der Waals surface area contributed by atoms with Crippen LogP contribution < -0.4 is 5.32 Å². The number of non-ortho nitro benzene ring substituents is 1. The van der Waals surface area contributed by atoms with E-state index in [0.29, 0.717) is 5.82 Å². The SMILES string of the molecule is CNC(C)c1nnnn1-c1ccc([N+](=O)[O-])cc1C. The van der Waals surface area contributed by atoms with Crippen LogP contribution in [0.2, 0.25) is 0 Å². The normalized spacial score (nSPS) is 12.4. The summed E-state index contributed by atoms with van der Waals surface area (Å²) in [5.74, 6) is 0.652. The van der Waals surface area contributed by atoms with E-state index in [9.17, 15) is 10.1 Å². The highest BCUT2D eigenvalue weighted by Crippen LogP contribution is 2.21. The molecule has 1 N–H and O–H groups in total. The predicted octanol–water partition coefficient (Wildman–Crippen LogP) is 1.16. The fourth-order valence-electron chi connectivity index (χ4n) is 1.76. The molecule has 0 radical (unpaired) electrons. The average Bonchev–Trinajstić information content (AvgIpc) is 2.86. The van der Waals surface area contributed by atoms with Crippen LogP contribution in [0.4, 0.5) is 5.69 Å². The molecular weight excluding hydrogens is 248 g/mol. The van der Waals surface area contributed by atoms with Gasteiger partial charge in [0.2, 0.25) is 0 Å². The molecule has 0 aliphatic rings. The van der Waals surface area contributed by atoms with Crippen LogP contribution in [0.15, 0.2) is 18.2 Å². The summed E-state index contributed by atoms with van der Waals surface area (Å²) in [7, 11) is 1.81. The number of hydrogen-bond donors (Lipinski definition) is 1. The van der Waals surface area contributed by atoms with Crippen LogP contribution in [0.5, 0.6) is 0 Å². The van der Waals surface area contributed by atoms with Crippen molar-refractivity contribution in [1.82, 2.24) is 25.5 Å². The van der Waals surface area contributed by atoms with Crippen molar-refractivity contribution in [2.24, 2.45) is 0 Å². The summed E-state index contributed by atoms with van der Waals surface area (Å²) >= 11 is 0. The van der Waals surface area contributed by atoms with Crippen LogP contribution in [0, 0.1) is 17.0 Å². The summed E-state index contributed by atoms with van der Waals surface area (Å²) in [5, 5.41) is 25.3. The number of aryl methyl sites for hydroxylation is 1. The van der Waals surface area contributed by atoms with Crippen molar-refractivity contribution in [3.8, 4) is 5.69 Å². The zero-order valence-electron chi connectivity index (χ0n) is 10.9. The minimum absolute atomic E-state index is 0.0235. The van der Waals surface area contributed by atoms with Crippen LogP contribution in [0.1, 0.15) is 24.4 Å². The fourth-order valence-corrected chi connectivity index (χ4v) is 1.76. The molecule has 1 aromatic carbocycles. The molecule has 1 unspecified atom stereocenters. The van der Waals surface area contributed by atoms with Gasteiger partial charge in [0.15, 0.2) is 5.82 Å². The molecule has 0 aliphatic carbocycles. The third-order valence-corrected chi connectivity index (χ3v) is 2.93. The Balaban J connectivity index is 2.48. The first kappa shape index (κ1) is 13.1. The third-order valence-electron chi connectivity index (χ3n) is 2.93.